The Kier molecular flexibility index (Phi) is 2.84. The van der Waals surface area contributed by atoms with Crippen molar-refractivity contribution in [2.24, 2.45) is 0 Å². The minimum Gasteiger partial charge on any atom is -0.384 e. The van der Waals surface area contributed by atoms with E-state index < -0.39 is 0 Å². The molecule has 0 amide bonds. The van der Waals surface area contributed by atoms with Crippen LogP contribution in [0, 0.1) is 0 Å². The number of methoxy groups -OCH3 is 1. The molecule has 0 aliphatic carbocycles. The van der Waals surface area contributed by atoms with E-state index >= 15 is 0 Å². The van der Waals surface area contributed by atoms with E-state index in [-0.39, 0.29) is 0 Å². The molecule has 14 heavy (non-hydrogen) atoms. The number of fused-ring (bicyclic) bond motifs is 1. The molecule has 0 spiro atoms. The smallest absolute Gasteiger partial charge is 0.0558 e. The monoisotopic (exact) mass is 195 g/mol. The van der Waals surface area contributed by atoms with Gasteiger partial charge in [0.1, 0.15) is 0 Å². The van der Waals surface area contributed by atoms with E-state index in [0.29, 0.717) is 5.92 Å². The van der Waals surface area contributed by atoms with Crippen molar-refractivity contribution in [3.05, 3.63) is 17.5 Å². The second-order valence-corrected chi connectivity index (χ2v) is 3.65. The average Bonchev–Trinajstić information content (AvgIpc) is 2.62. The van der Waals surface area contributed by atoms with Crippen LogP contribution in [0.15, 0.2) is 6.20 Å². The van der Waals surface area contributed by atoms with Crippen LogP contribution in [0.25, 0.3) is 0 Å². The summed E-state index contributed by atoms with van der Waals surface area (Å²) in [4.78, 5) is 0. The molecule has 78 valence electrons. The first-order valence-electron chi connectivity index (χ1n) is 5.11. The van der Waals surface area contributed by atoms with Crippen molar-refractivity contribution in [3.63, 3.8) is 0 Å². The van der Waals surface area contributed by atoms with Gasteiger partial charge >= 0.3 is 0 Å². The summed E-state index contributed by atoms with van der Waals surface area (Å²) in [5.74, 6) is 0.450. The molecule has 1 aliphatic rings. The molecule has 0 radical (unpaired) electrons. The van der Waals surface area contributed by atoms with Gasteiger partial charge in [0, 0.05) is 43.9 Å². The van der Waals surface area contributed by atoms with Gasteiger partial charge < -0.3 is 10.1 Å². The van der Waals surface area contributed by atoms with Gasteiger partial charge in [-0.1, -0.05) is 0 Å². The Morgan fingerprint density at radius 2 is 2.57 bits per heavy atom. The quantitative estimate of drug-likeness (QED) is 0.773. The minimum atomic E-state index is 0.450. The van der Waals surface area contributed by atoms with Crippen LogP contribution in [0.3, 0.4) is 0 Å². The number of hydrogen-bond donors (Lipinski definition) is 1. The average molecular weight is 195 g/mol. The van der Waals surface area contributed by atoms with Crippen molar-refractivity contribution < 1.29 is 4.74 Å². The van der Waals surface area contributed by atoms with Crippen molar-refractivity contribution in [1.29, 1.82) is 0 Å². The predicted octanol–water partition coefficient (Wildman–Crippen LogP) is 0.736. The number of nitrogens with zero attached hydrogens (tertiary/aromatic N) is 2. The topological polar surface area (TPSA) is 39.1 Å². The Morgan fingerprint density at radius 1 is 1.71 bits per heavy atom. The lowest BCUT2D eigenvalue weighted by Gasteiger charge is -2.24. The third-order valence-corrected chi connectivity index (χ3v) is 2.72. The Bertz CT molecular complexity index is 295. The molecular formula is C10H17N3O. The summed E-state index contributed by atoms with van der Waals surface area (Å²) in [6.07, 6.45) is 1.97. The van der Waals surface area contributed by atoms with E-state index in [1.54, 1.807) is 7.11 Å². The van der Waals surface area contributed by atoms with Crippen LogP contribution in [0.5, 0.6) is 0 Å². The largest absolute Gasteiger partial charge is 0.384 e. The summed E-state index contributed by atoms with van der Waals surface area (Å²) in [7, 11) is 1.75. The van der Waals surface area contributed by atoms with Crippen LogP contribution in [-0.4, -0.2) is 30.0 Å². The molecule has 0 saturated heterocycles. The van der Waals surface area contributed by atoms with Gasteiger partial charge in [0.2, 0.25) is 0 Å². The first kappa shape index (κ1) is 9.68. The number of hydrogen-bond acceptors (Lipinski definition) is 3. The fourth-order valence-corrected chi connectivity index (χ4v) is 2.11. The van der Waals surface area contributed by atoms with Crippen molar-refractivity contribution >= 4 is 0 Å². The van der Waals surface area contributed by atoms with Crippen LogP contribution < -0.4 is 5.32 Å². The Hall–Kier alpha value is -0.870. The van der Waals surface area contributed by atoms with E-state index in [9.17, 15) is 0 Å². The van der Waals surface area contributed by atoms with Crippen molar-refractivity contribution in [2.45, 2.75) is 25.9 Å². The molecule has 2 heterocycles. The maximum atomic E-state index is 5.23. The summed E-state index contributed by atoms with van der Waals surface area (Å²) >= 11 is 0. The van der Waals surface area contributed by atoms with Gasteiger partial charge in [-0.2, -0.15) is 5.10 Å². The Balaban J connectivity index is 2.30. The summed E-state index contributed by atoms with van der Waals surface area (Å²) in [6, 6.07) is 0. The van der Waals surface area contributed by atoms with Crippen LogP contribution in [-0.2, 0) is 17.8 Å². The highest BCUT2D eigenvalue weighted by Gasteiger charge is 2.23. The predicted molar refractivity (Wildman–Crippen MR) is 54.2 cm³/mol. The van der Waals surface area contributed by atoms with E-state index in [0.717, 1.165) is 26.2 Å². The SMILES string of the molecule is CCn1ncc2c1[C@H](COC)CNC2. The van der Waals surface area contributed by atoms with Gasteiger partial charge in [0.15, 0.2) is 0 Å². The lowest BCUT2D eigenvalue weighted by atomic mass is 9.99. The molecule has 4 nitrogen and oxygen atoms in total. The molecule has 1 atom stereocenters. The normalized spacial score (nSPS) is 20.9. The highest BCUT2D eigenvalue weighted by atomic mass is 16.5. The molecule has 0 bridgehead atoms. The second kappa shape index (κ2) is 4.11. The van der Waals surface area contributed by atoms with E-state index in [4.69, 9.17) is 4.74 Å². The summed E-state index contributed by atoms with van der Waals surface area (Å²) in [6.45, 7) is 5.77. The lowest BCUT2D eigenvalue weighted by Crippen LogP contribution is -2.31. The molecule has 4 heteroatoms. The molecule has 1 aromatic heterocycles. The zero-order chi connectivity index (χ0) is 9.97. The Morgan fingerprint density at radius 3 is 3.29 bits per heavy atom. The van der Waals surface area contributed by atoms with Crippen LogP contribution in [0.4, 0.5) is 0 Å². The van der Waals surface area contributed by atoms with Gasteiger partial charge in [0.05, 0.1) is 12.8 Å². The van der Waals surface area contributed by atoms with Crippen LogP contribution >= 0.6 is 0 Å². The van der Waals surface area contributed by atoms with Gasteiger partial charge in [-0.15, -0.1) is 0 Å². The summed E-state index contributed by atoms with van der Waals surface area (Å²) in [5.41, 5.74) is 2.67. The maximum Gasteiger partial charge on any atom is 0.0558 e. The molecule has 0 fully saturated rings. The highest BCUT2D eigenvalue weighted by Crippen LogP contribution is 2.23. The van der Waals surface area contributed by atoms with E-state index in [1.165, 1.54) is 11.3 Å². The molecule has 2 rings (SSSR count). The van der Waals surface area contributed by atoms with Crippen molar-refractivity contribution in [2.75, 3.05) is 20.3 Å². The van der Waals surface area contributed by atoms with Crippen molar-refractivity contribution in [1.82, 2.24) is 15.1 Å². The fraction of sp³-hybridized carbons (Fsp3) is 0.700. The molecule has 0 unspecified atom stereocenters. The zero-order valence-electron chi connectivity index (χ0n) is 8.79. The molecular weight excluding hydrogens is 178 g/mol. The summed E-state index contributed by atoms with van der Waals surface area (Å²) < 4.78 is 7.31. The highest BCUT2D eigenvalue weighted by molar-refractivity contribution is 5.25. The van der Waals surface area contributed by atoms with Crippen LogP contribution in [0.1, 0.15) is 24.1 Å². The summed E-state index contributed by atoms with van der Waals surface area (Å²) in [5, 5.41) is 7.75. The van der Waals surface area contributed by atoms with Gasteiger partial charge in [-0.05, 0) is 6.92 Å². The maximum absolute atomic E-state index is 5.23. The minimum absolute atomic E-state index is 0.450. The first-order valence-corrected chi connectivity index (χ1v) is 5.11. The van der Waals surface area contributed by atoms with Gasteiger partial charge in [0.25, 0.3) is 0 Å². The van der Waals surface area contributed by atoms with Crippen molar-refractivity contribution in [3.8, 4) is 0 Å². The standard InChI is InChI=1S/C10H17N3O/c1-3-13-10-8(6-12-13)4-11-5-9(10)7-14-2/h6,9,11H,3-5,7H2,1-2H3/t9-/m0/s1. The number of nitrogens with one attached hydrogen (secondary N) is 1. The zero-order valence-corrected chi connectivity index (χ0v) is 8.79. The van der Waals surface area contributed by atoms with Crippen LogP contribution in [0.2, 0.25) is 0 Å². The molecule has 0 aromatic carbocycles. The second-order valence-electron chi connectivity index (χ2n) is 3.65. The van der Waals surface area contributed by atoms with E-state index in [2.05, 4.69) is 22.0 Å². The van der Waals surface area contributed by atoms with Gasteiger partial charge in [-0.25, -0.2) is 0 Å². The number of rotatable bonds is 3. The van der Waals surface area contributed by atoms with Gasteiger partial charge in [-0.3, -0.25) is 4.68 Å². The molecule has 1 aliphatic heterocycles. The third kappa shape index (κ3) is 1.55. The molecule has 1 aromatic rings. The number of aromatic nitrogens is 2. The number of ether oxygens (including phenoxy) is 1. The number of aryl methyl sites for hydroxylation is 1. The lowest BCUT2D eigenvalue weighted by molar-refractivity contribution is 0.171. The third-order valence-electron chi connectivity index (χ3n) is 2.72. The molecule has 0 saturated carbocycles. The Labute approximate surface area is 84.3 Å². The van der Waals surface area contributed by atoms with E-state index in [1.807, 2.05) is 6.20 Å². The first-order chi connectivity index (χ1) is 6.86. The fourth-order valence-electron chi connectivity index (χ4n) is 2.11. The molecule has 1 N–H and O–H groups in total.